The average Bonchev–Trinajstić information content (AvgIpc) is 2.54. The molecule has 0 nitrogen and oxygen atoms in total. The summed E-state index contributed by atoms with van der Waals surface area (Å²) < 4.78 is 0. The third kappa shape index (κ3) is 1.81. The van der Waals surface area contributed by atoms with Gasteiger partial charge in [-0.1, -0.05) is 44.0 Å². The summed E-state index contributed by atoms with van der Waals surface area (Å²) in [6.07, 6.45) is 5.04. The van der Waals surface area contributed by atoms with Crippen molar-refractivity contribution in [2.45, 2.75) is 38.0 Å². The van der Waals surface area contributed by atoms with Gasteiger partial charge < -0.3 is 0 Å². The predicted molar refractivity (Wildman–Crippen MR) is 61.8 cm³/mol. The Morgan fingerprint density at radius 2 is 2.14 bits per heavy atom. The Hall–Kier alpha value is -0.490. The van der Waals surface area contributed by atoms with Crippen molar-refractivity contribution in [3.63, 3.8) is 0 Å². The minimum atomic E-state index is 0.262. The van der Waals surface area contributed by atoms with Crippen LogP contribution in [0.2, 0.25) is 0 Å². The van der Waals surface area contributed by atoms with Crippen LogP contribution in [0.15, 0.2) is 24.3 Å². The van der Waals surface area contributed by atoms with Gasteiger partial charge >= 0.3 is 0 Å². The van der Waals surface area contributed by atoms with E-state index in [1.807, 2.05) is 0 Å². The Balaban J connectivity index is 2.09. The van der Waals surface area contributed by atoms with Crippen LogP contribution in [0.5, 0.6) is 0 Å². The van der Waals surface area contributed by atoms with Crippen molar-refractivity contribution in [2.24, 2.45) is 5.92 Å². The molecule has 0 amide bonds. The number of benzene rings is 1. The number of alkyl halides is 1. The van der Waals surface area contributed by atoms with Gasteiger partial charge in [0, 0.05) is 0 Å². The van der Waals surface area contributed by atoms with Crippen molar-refractivity contribution in [3.8, 4) is 0 Å². The van der Waals surface area contributed by atoms with E-state index < -0.39 is 0 Å². The molecule has 1 aromatic rings. The quantitative estimate of drug-likeness (QED) is 0.649. The van der Waals surface area contributed by atoms with E-state index in [1.54, 1.807) is 0 Å². The first-order valence-electron chi connectivity index (χ1n) is 5.54. The molecule has 0 bridgehead atoms. The molecule has 0 saturated heterocycles. The molecule has 14 heavy (non-hydrogen) atoms. The predicted octanol–water partition coefficient (Wildman–Crippen LogP) is 4.33. The van der Waals surface area contributed by atoms with Crippen molar-refractivity contribution in [2.75, 3.05) is 0 Å². The van der Waals surface area contributed by atoms with Crippen molar-refractivity contribution in [3.05, 3.63) is 35.4 Å². The normalized spacial score (nSPS) is 25.0. The van der Waals surface area contributed by atoms with E-state index in [1.165, 1.54) is 36.8 Å². The van der Waals surface area contributed by atoms with Gasteiger partial charge in [0.05, 0.1) is 5.38 Å². The van der Waals surface area contributed by atoms with E-state index in [4.69, 9.17) is 11.6 Å². The highest BCUT2D eigenvalue weighted by Crippen LogP contribution is 2.42. The van der Waals surface area contributed by atoms with Crippen molar-refractivity contribution >= 4 is 11.6 Å². The van der Waals surface area contributed by atoms with Crippen LogP contribution >= 0.6 is 11.6 Å². The molecule has 0 saturated carbocycles. The summed E-state index contributed by atoms with van der Waals surface area (Å²) in [7, 11) is 0. The van der Waals surface area contributed by atoms with E-state index in [-0.39, 0.29) is 5.38 Å². The molecule has 2 unspecified atom stereocenters. The molecule has 0 radical (unpaired) electrons. The van der Waals surface area contributed by atoms with Crippen LogP contribution < -0.4 is 0 Å². The molecule has 1 aliphatic carbocycles. The van der Waals surface area contributed by atoms with Gasteiger partial charge in [-0.15, -0.1) is 11.6 Å². The lowest BCUT2D eigenvalue weighted by atomic mass is 9.99. The summed E-state index contributed by atoms with van der Waals surface area (Å²) in [6, 6.07) is 8.61. The van der Waals surface area contributed by atoms with Crippen LogP contribution in [0.4, 0.5) is 0 Å². The van der Waals surface area contributed by atoms with Crippen LogP contribution in [0.25, 0.3) is 0 Å². The van der Waals surface area contributed by atoms with E-state index in [2.05, 4.69) is 31.2 Å². The summed E-state index contributed by atoms with van der Waals surface area (Å²) in [5.41, 5.74) is 2.84. The maximum absolute atomic E-state index is 6.44. The summed E-state index contributed by atoms with van der Waals surface area (Å²) in [5, 5.41) is 0.262. The minimum absolute atomic E-state index is 0.262. The maximum Gasteiger partial charge on any atom is 0.0619 e. The molecule has 0 aromatic heterocycles. The molecule has 0 heterocycles. The van der Waals surface area contributed by atoms with Crippen LogP contribution in [0.3, 0.4) is 0 Å². The lowest BCUT2D eigenvalue weighted by molar-refractivity contribution is 0.478. The molecule has 0 N–H and O–H groups in total. The number of fused-ring (bicyclic) bond motifs is 1. The van der Waals surface area contributed by atoms with E-state index in [0.717, 1.165) is 0 Å². The SMILES string of the molecule is CCCCC1Cc2ccccc2C1Cl. The first-order chi connectivity index (χ1) is 6.83. The molecule has 0 fully saturated rings. The zero-order valence-corrected chi connectivity index (χ0v) is 9.43. The summed E-state index contributed by atoms with van der Waals surface area (Å²) in [5.74, 6) is 0.675. The number of rotatable bonds is 3. The fraction of sp³-hybridized carbons (Fsp3) is 0.538. The molecule has 0 spiro atoms. The number of unbranched alkanes of at least 4 members (excludes halogenated alkanes) is 1. The lowest BCUT2D eigenvalue weighted by Gasteiger charge is -2.12. The van der Waals surface area contributed by atoms with Crippen LogP contribution in [-0.4, -0.2) is 0 Å². The van der Waals surface area contributed by atoms with Crippen molar-refractivity contribution in [1.29, 1.82) is 0 Å². The average molecular weight is 209 g/mol. The zero-order valence-electron chi connectivity index (χ0n) is 8.67. The van der Waals surface area contributed by atoms with E-state index >= 15 is 0 Å². The van der Waals surface area contributed by atoms with Gasteiger partial charge in [-0.3, -0.25) is 0 Å². The molecular weight excluding hydrogens is 192 g/mol. The molecule has 2 rings (SSSR count). The first-order valence-corrected chi connectivity index (χ1v) is 5.98. The van der Waals surface area contributed by atoms with Crippen LogP contribution in [-0.2, 0) is 6.42 Å². The van der Waals surface area contributed by atoms with Gasteiger partial charge in [0.1, 0.15) is 0 Å². The zero-order chi connectivity index (χ0) is 9.97. The Kier molecular flexibility index (Phi) is 3.12. The van der Waals surface area contributed by atoms with Crippen molar-refractivity contribution in [1.82, 2.24) is 0 Å². The monoisotopic (exact) mass is 208 g/mol. The van der Waals surface area contributed by atoms with Gasteiger partial charge in [0.25, 0.3) is 0 Å². The minimum Gasteiger partial charge on any atom is -0.117 e. The lowest BCUT2D eigenvalue weighted by Crippen LogP contribution is -2.01. The fourth-order valence-corrected chi connectivity index (χ4v) is 2.77. The highest BCUT2D eigenvalue weighted by atomic mass is 35.5. The molecule has 0 aliphatic heterocycles. The highest BCUT2D eigenvalue weighted by molar-refractivity contribution is 6.21. The van der Waals surface area contributed by atoms with Gasteiger partial charge in [0.15, 0.2) is 0 Å². The molecule has 76 valence electrons. The second-order valence-electron chi connectivity index (χ2n) is 4.21. The number of hydrogen-bond acceptors (Lipinski definition) is 0. The van der Waals surface area contributed by atoms with Gasteiger partial charge in [-0.25, -0.2) is 0 Å². The number of hydrogen-bond donors (Lipinski definition) is 0. The molecule has 1 heteroatoms. The van der Waals surface area contributed by atoms with Crippen molar-refractivity contribution < 1.29 is 0 Å². The largest absolute Gasteiger partial charge is 0.117 e. The molecule has 1 aliphatic rings. The number of halogens is 1. The van der Waals surface area contributed by atoms with Crippen LogP contribution in [0.1, 0.15) is 42.7 Å². The van der Waals surface area contributed by atoms with E-state index in [0.29, 0.717) is 5.92 Å². The van der Waals surface area contributed by atoms with Gasteiger partial charge in [-0.2, -0.15) is 0 Å². The van der Waals surface area contributed by atoms with E-state index in [9.17, 15) is 0 Å². The summed E-state index contributed by atoms with van der Waals surface area (Å²) in [6.45, 7) is 2.24. The highest BCUT2D eigenvalue weighted by Gasteiger charge is 2.29. The Labute approximate surface area is 91.3 Å². The molecule has 1 aromatic carbocycles. The third-order valence-electron chi connectivity index (χ3n) is 3.18. The molecular formula is C13H17Cl. The summed E-state index contributed by atoms with van der Waals surface area (Å²) in [4.78, 5) is 0. The van der Waals surface area contributed by atoms with Crippen LogP contribution in [0, 0.1) is 5.92 Å². The van der Waals surface area contributed by atoms with Gasteiger partial charge in [-0.05, 0) is 29.9 Å². The second kappa shape index (κ2) is 4.35. The Bertz CT molecular complexity index is 306. The summed E-state index contributed by atoms with van der Waals surface area (Å²) >= 11 is 6.44. The third-order valence-corrected chi connectivity index (χ3v) is 3.77. The first kappa shape index (κ1) is 10.0. The second-order valence-corrected chi connectivity index (χ2v) is 4.68. The Morgan fingerprint density at radius 1 is 1.36 bits per heavy atom. The molecule has 2 atom stereocenters. The van der Waals surface area contributed by atoms with Gasteiger partial charge in [0.2, 0.25) is 0 Å². The topological polar surface area (TPSA) is 0 Å². The standard InChI is InChI=1S/C13H17Cl/c1-2-3-6-11-9-10-7-4-5-8-12(10)13(11)14/h4-5,7-8,11,13H,2-3,6,9H2,1H3. The Morgan fingerprint density at radius 3 is 2.86 bits per heavy atom. The smallest absolute Gasteiger partial charge is 0.0619 e. The fourth-order valence-electron chi connectivity index (χ4n) is 2.34. The maximum atomic E-state index is 6.44.